The first-order chi connectivity index (χ1) is 21.8. The average molecular weight is 633 g/mol. The second-order valence-electron chi connectivity index (χ2n) is 12.8. The Balaban J connectivity index is 1.47. The molecule has 6 atom stereocenters. The Morgan fingerprint density at radius 1 is 1.22 bits per heavy atom. The Morgan fingerprint density at radius 2 is 1.96 bits per heavy atom. The zero-order chi connectivity index (χ0) is 33.1. The van der Waals surface area contributed by atoms with Crippen molar-refractivity contribution >= 4 is 40.4 Å². The van der Waals surface area contributed by atoms with E-state index >= 15 is 0 Å². The maximum Gasteiger partial charge on any atom is 0.340 e. The first-order valence-electron chi connectivity index (χ1n) is 15.2. The molecule has 4 N–H and O–H groups in total. The molecule has 0 spiro atoms. The van der Waals surface area contributed by atoms with Crippen molar-refractivity contribution in [2.45, 2.75) is 64.7 Å². The summed E-state index contributed by atoms with van der Waals surface area (Å²) < 4.78 is 17.1. The quantitative estimate of drug-likeness (QED) is 0.248. The van der Waals surface area contributed by atoms with E-state index in [2.05, 4.69) is 10.3 Å². The van der Waals surface area contributed by atoms with Crippen molar-refractivity contribution < 1.29 is 48.4 Å². The maximum absolute atomic E-state index is 14.1. The molecular formula is C34H36N2O10. The molecule has 12 nitrogen and oxygen atoms in total. The lowest BCUT2D eigenvalue weighted by Crippen LogP contribution is -2.57. The summed E-state index contributed by atoms with van der Waals surface area (Å²) in [5.74, 6) is -4.80. The van der Waals surface area contributed by atoms with Crippen LogP contribution in [0.5, 0.6) is 0 Å². The van der Waals surface area contributed by atoms with Crippen molar-refractivity contribution in [1.82, 2.24) is 10.3 Å². The number of fused-ring (bicyclic) bond motifs is 5. The van der Waals surface area contributed by atoms with Crippen LogP contribution in [-0.2, 0) is 44.6 Å². The Bertz CT molecular complexity index is 1780. The molecule has 1 aliphatic heterocycles. The number of para-hydroxylation sites is 1. The summed E-state index contributed by atoms with van der Waals surface area (Å²) in [6, 6.07) is 6.24. The van der Waals surface area contributed by atoms with Crippen LogP contribution in [0, 0.1) is 16.7 Å². The van der Waals surface area contributed by atoms with Crippen molar-refractivity contribution in [2.24, 2.45) is 16.7 Å². The van der Waals surface area contributed by atoms with Gasteiger partial charge in [-0.1, -0.05) is 25.1 Å². The first kappa shape index (κ1) is 31.3. The van der Waals surface area contributed by atoms with Gasteiger partial charge in [-0.15, -0.1) is 0 Å². The van der Waals surface area contributed by atoms with E-state index < -0.39 is 64.4 Å². The largest absolute Gasteiger partial charge is 0.504 e. The predicted molar refractivity (Wildman–Crippen MR) is 162 cm³/mol. The van der Waals surface area contributed by atoms with Gasteiger partial charge in [-0.3, -0.25) is 14.4 Å². The number of aromatic nitrogens is 1. The van der Waals surface area contributed by atoms with Crippen LogP contribution >= 0.6 is 0 Å². The van der Waals surface area contributed by atoms with Crippen LogP contribution < -0.4 is 5.32 Å². The van der Waals surface area contributed by atoms with Crippen molar-refractivity contribution in [2.75, 3.05) is 13.7 Å². The summed E-state index contributed by atoms with van der Waals surface area (Å²) in [5.41, 5.74) is -0.648. The number of carboxylic acids is 1. The summed E-state index contributed by atoms with van der Waals surface area (Å²) in [6.07, 6.45) is 1.55. The number of hydrogen-bond donors (Lipinski definition) is 4. The standard InChI is InChI=1S/C34H36N2O10/c1-16(37)45-23-12-33(2)20(9-10-24(33)38)26-28(23)34(3)25(15-44-4)46-32(43)19(27(34)30(40)29(26)39)14-36-22(31(41)42)11-17-13-35-21-8-6-5-7-18(17)21/h5-8,13-14,20,22-23,25,35-36,40H,9-12,15H2,1-4H3,(H,41,42)/b19-14-/t20-,22-,23+,25+,33-,34-/m0/s1. The third-order valence-electron chi connectivity index (χ3n) is 10.2. The summed E-state index contributed by atoms with van der Waals surface area (Å²) in [7, 11) is 1.41. The number of rotatable bonds is 8. The number of aliphatic carboxylic acids is 1. The molecule has 12 heteroatoms. The van der Waals surface area contributed by atoms with Gasteiger partial charge in [0.1, 0.15) is 24.0 Å². The lowest BCUT2D eigenvalue weighted by Gasteiger charge is -2.53. The molecule has 1 aromatic heterocycles. The number of carbonyl (C=O) groups is 5. The van der Waals surface area contributed by atoms with Crippen molar-refractivity contribution in [3.63, 3.8) is 0 Å². The maximum atomic E-state index is 14.1. The molecule has 0 amide bonds. The van der Waals surface area contributed by atoms with Gasteiger partial charge >= 0.3 is 17.9 Å². The molecule has 3 aliphatic carbocycles. The number of H-pyrrole nitrogens is 1. The molecule has 46 heavy (non-hydrogen) atoms. The van der Waals surface area contributed by atoms with Crippen LogP contribution in [0.4, 0.5) is 0 Å². The Hall–Kier alpha value is -4.71. The number of nitrogens with one attached hydrogen (secondary N) is 2. The van der Waals surface area contributed by atoms with Crippen molar-refractivity contribution in [3.8, 4) is 0 Å². The van der Waals surface area contributed by atoms with Gasteiger partial charge in [0.15, 0.2) is 5.76 Å². The fourth-order valence-corrected chi connectivity index (χ4v) is 8.02. The van der Waals surface area contributed by atoms with Gasteiger partial charge in [0.05, 0.1) is 17.6 Å². The molecule has 0 unspecified atom stereocenters. The minimum atomic E-state index is -1.44. The van der Waals surface area contributed by atoms with E-state index in [1.165, 1.54) is 14.0 Å². The van der Waals surface area contributed by atoms with Crippen LogP contribution in [0.3, 0.4) is 0 Å². The number of aliphatic hydroxyl groups excluding tert-OH is 1. The van der Waals surface area contributed by atoms with Gasteiger partial charge in [-0.2, -0.15) is 0 Å². The van der Waals surface area contributed by atoms with Crippen molar-refractivity contribution in [1.29, 1.82) is 0 Å². The normalized spacial score (nSPS) is 30.6. The molecule has 0 radical (unpaired) electrons. The number of aromatic amines is 1. The predicted octanol–water partition coefficient (Wildman–Crippen LogP) is 3.23. The summed E-state index contributed by atoms with van der Waals surface area (Å²) >= 11 is 0. The van der Waals surface area contributed by atoms with Gasteiger partial charge in [-0.05, 0) is 30.5 Å². The van der Waals surface area contributed by atoms with Gasteiger partial charge in [0.25, 0.3) is 0 Å². The second-order valence-corrected chi connectivity index (χ2v) is 12.8. The molecule has 242 valence electrons. The van der Waals surface area contributed by atoms with E-state index in [0.717, 1.165) is 22.7 Å². The molecule has 2 fully saturated rings. The number of esters is 2. The van der Waals surface area contributed by atoms with Crippen LogP contribution in [0.25, 0.3) is 10.9 Å². The minimum absolute atomic E-state index is 0.0455. The number of hydrogen-bond acceptors (Lipinski definition) is 10. The summed E-state index contributed by atoms with van der Waals surface area (Å²) in [6.45, 7) is 4.54. The number of carboxylic acid groups (broad SMARTS) is 1. The molecule has 2 aromatic rings. The zero-order valence-electron chi connectivity index (χ0n) is 26.0. The lowest BCUT2D eigenvalue weighted by molar-refractivity contribution is -0.160. The van der Waals surface area contributed by atoms with Crippen LogP contribution in [-0.4, -0.2) is 76.6 Å². The summed E-state index contributed by atoms with van der Waals surface area (Å²) in [4.78, 5) is 68.7. The highest BCUT2D eigenvalue weighted by Crippen LogP contribution is 2.62. The molecule has 1 aromatic carbocycles. The first-order valence-corrected chi connectivity index (χ1v) is 15.2. The van der Waals surface area contributed by atoms with Crippen molar-refractivity contribution in [3.05, 3.63) is 70.3 Å². The van der Waals surface area contributed by atoms with Gasteiger partial charge in [0.2, 0.25) is 5.78 Å². The van der Waals surface area contributed by atoms with E-state index in [1.54, 1.807) is 20.0 Å². The lowest BCUT2D eigenvalue weighted by atomic mass is 9.53. The third kappa shape index (κ3) is 4.65. The molecule has 1 saturated heterocycles. The fraction of sp³-hybridized carbons (Fsp3) is 0.441. The number of allylic oxidation sites excluding steroid dienone is 1. The van der Waals surface area contributed by atoms with E-state index in [9.17, 15) is 34.2 Å². The molecule has 0 bridgehead atoms. The number of cyclic esters (lactones) is 1. The SMILES string of the molecule is COC[C@H]1OC(=O)/C(=C\N[C@@H](Cc2c[nH]c3ccccc23)C(=O)O)C2=C(O)C(=O)C3=C([C@H](OC(C)=O)C[C@]4(C)C(=O)CC[C@@H]34)[C@]21C. The van der Waals surface area contributed by atoms with Crippen LogP contribution in [0.2, 0.25) is 0 Å². The second kappa shape index (κ2) is 11.3. The van der Waals surface area contributed by atoms with Gasteiger partial charge in [0, 0.05) is 79.1 Å². The van der Waals surface area contributed by atoms with Crippen LogP contribution in [0.1, 0.15) is 45.6 Å². The highest BCUT2D eigenvalue weighted by molar-refractivity contribution is 6.14. The zero-order valence-corrected chi connectivity index (χ0v) is 26.0. The fourth-order valence-electron chi connectivity index (χ4n) is 8.02. The van der Waals surface area contributed by atoms with Gasteiger partial charge < -0.3 is 34.7 Å². The number of ketones is 2. The van der Waals surface area contributed by atoms with Gasteiger partial charge in [-0.25, -0.2) is 9.59 Å². The Kier molecular flexibility index (Phi) is 7.66. The molecule has 1 saturated carbocycles. The Morgan fingerprint density at radius 3 is 2.65 bits per heavy atom. The highest BCUT2D eigenvalue weighted by atomic mass is 16.6. The monoisotopic (exact) mass is 632 g/mol. The average Bonchev–Trinajstić information content (AvgIpc) is 3.54. The van der Waals surface area contributed by atoms with Crippen LogP contribution in [0.15, 0.2) is 64.7 Å². The topological polar surface area (TPSA) is 181 Å². The number of carbonyl (C=O) groups excluding carboxylic acids is 4. The molecule has 2 heterocycles. The van der Waals surface area contributed by atoms with E-state index in [4.69, 9.17) is 14.2 Å². The number of benzene rings is 1. The Labute approximate surface area is 264 Å². The number of ether oxygens (including phenoxy) is 3. The number of methoxy groups -OCH3 is 1. The third-order valence-corrected chi connectivity index (χ3v) is 10.2. The molecule has 4 aliphatic rings. The van der Waals surface area contributed by atoms with E-state index in [-0.39, 0.29) is 48.4 Å². The molecule has 6 rings (SSSR count). The smallest absolute Gasteiger partial charge is 0.340 e. The minimum Gasteiger partial charge on any atom is -0.504 e. The number of aliphatic hydroxyl groups is 1. The van der Waals surface area contributed by atoms with E-state index in [0.29, 0.717) is 12.0 Å². The van der Waals surface area contributed by atoms with E-state index in [1.807, 2.05) is 24.3 Å². The molecular weight excluding hydrogens is 596 g/mol. The summed E-state index contributed by atoms with van der Waals surface area (Å²) in [5, 5.41) is 25.4. The number of Topliss-reactive ketones (excluding diaryl/α,β-unsaturated/α-hetero) is 2. The highest BCUT2D eigenvalue weighted by Gasteiger charge is 2.64.